The topological polar surface area (TPSA) is 90.4 Å². The largest absolute Gasteiger partial charge is 0.507 e. The Morgan fingerprint density at radius 3 is 2.83 bits per heavy atom. The molecule has 1 aromatic carbocycles. The van der Waals surface area contributed by atoms with Crippen molar-refractivity contribution in [3.63, 3.8) is 0 Å². The summed E-state index contributed by atoms with van der Waals surface area (Å²) in [4.78, 5) is 12.0. The number of H-pyrrole nitrogens is 1. The first-order valence-electron chi connectivity index (χ1n) is 7.64. The molecule has 0 atom stereocenters. The van der Waals surface area contributed by atoms with Crippen LogP contribution in [0.4, 0.5) is 0 Å². The fourth-order valence-electron chi connectivity index (χ4n) is 2.08. The van der Waals surface area contributed by atoms with E-state index in [0.717, 1.165) is 11.3 Å². The number of hydrogen-bond donors (Lipinski definition) is 3. The number of carbonyl (C=O) groups is 1. The second-order valence-electron chi connectivity index (χ2n) is 6.46. The Balaban J connectivity index is 2.06. The van der Waals surface area contributed by atoms with E-state index in [0.29, 0.717) is 12.0 Å². The number of aromatic nitrogens is 2. The smallest absolute Gasteiger partial charge is 0.291 e. The molecule has 0 aliphatic rings. The molecule has 0 fully saturated rings. The van der Waals surface area contributed by atoms with Gasteiger partial charge < -0.3 is 5.11 Å². The normalized spacial score (nSPS) is 11.6. The summed E-state index contributed by atoms with van der Waals surface area (Å²) in [5.41, 5.74) is 4.69. The lowest BCUT2D eigenvalue weighted by Crippen LogP contribution is -2.18. The number of rotatable bonds is 5. The third kappa shape index (κ3) is 4.10. The van der Waals surface area contributed by atoms with Crippen LogP contribution in [-0.2, 0) is 11.8 Å². The molecule has 2 aromatic rings. The zero-order valence-electron chi connectivity index (χ0n) is 14.1. The van der Waals surface area contributed by atoms with E-state index in [2.05, 4.69) is 27.3 Å². The van der Waals surface area contributed by atoms with Crippen molar-refractivity contribution in [1.29, 1.82) is 0 Å². The summed E-state index contributed by atoms with van der Waals surface area (Å²) in [6.45, 7) is 9.73. The molecule has 24 heavy (non-hydrogen) atoms. The maximum absolute atomic E-state index is 12.0. The van der Waals surface area contributed by atoms with Crippen molar-refractivity contribution in [2.24, 2.45) is 5.10 Å². The van der Waals surface area contributed by atoms with E-state index in [4.69, 9.17) is 0 Å². The number of aromatic amines is 1. The molecule has 6 heteroatoms. The van der Waals surface area contributed by atoms with E-state index in [1.807, 2.05) is 32.9 Å². The van der Waals surface area contributed by atoms with Gasteiger partial charge in [-0.25, -0.2) is 5.43 Å². The Morgan fingerprint density at radius 2 is 2.21 bits per heavy atom. The highest BCUT2D eigenvalue weighted by atomic mass is 16.3. The molecule has 0 saturated heterocycles. The van der Waals surface area contributed by atoms with Crippen molar-refractivity contribution in [1.82, 2.24) is 15.6 Å². The first-order chi connectivity index (χ1) is 11.3. The minimum Gasteiger partial charge on any atom is -0.507 e. The lowest BCUT2D eigenvalue weighted by molar-refractivity contribution is 0.0950. The second-order valence-corrected chi connectivity index (χ2v) is 6.46. The molecule has 0 saturated carbocycles. The highest BCUT2D eigenvalue weighted by Crippen LogP contribution is 2.22. The van der Waals surface area contributed by atoms with E-state index in [-0.39, 0.29) is 16.9 Å². The Kier molecular flexibility index (Phi) is 5.18. The van der Waals surface area contributed by atoms with Crippen LogP contribution in [-0.4, -0.2) is 27.4 Å². The summed E-state index contributed by atoms with van der Waals surface area (Å²) < 4.78 is 0. The van der Waals surface area contributed by atoms with Crippen LogP contribution in [0.15, 0.2) is 42.0 Å². The van der Waals surface area contributed by atoms with Crippen molar-refractivity contribution < 1.29 is 9.90 Å². The average Bonchev–Trinajstić information content (AvgIpc) is 3.01. The van der Waals surface area contributed by atoms with Gasteiger partial charge in [-0.2, -0.15) is 10.2 Å². The molecule has 0 aliphatic carbocycles. The molecule has 1 heterocycles. The van der Waals surface area contributed by atoms with Crippen molar-refractivity contribution in [3.8, 4) is 5.75 Å². The summed E-state index contributed by atoms with van der Waals surface area (Å²) in [6, 6.07) is 7.03. The number of allylic oxidation sites excluding steroid dienone is 1. The summed E-state index contributed by atoms with van der Waals surface area (Å²) in [5, 5.41) is 20.9. The molecule has 0 radical (unpaired) electrons. The number of phenolic OH excluding ortho intramolecular Hbond substituents is 1. The molecule has 0 aliphatic heterocycles. The lowest BCUT2D eigenvalue weighted by atomic mass is 9.92. The number of aromatic hydroxyl groups is 1. The quantitative estimate of drug-likeness (QED) is 0.448. The van der Waals surface area contributed by atoms with Gasteiger partial charge in [-0.1, -0.05) is 39.0 Å². The zero-order chi connectivity index (χ0) is 17.7. The molecule has 2 rings (SSSR count). The van der Waals surface area contributed by atoms with Crippen LogP contribution in [0.5, 0.6) is 5.75 Å². The van der Waals surface area contributed by atoms with Crippen LogP contribution in [0.1, 0.15) is 48.1 Å². The molecule has 0 spiro atoms. The molecule has 3 N–H and O–H groups in total. The van der Waals surface area contributed by atoms with Crippen LogP contribution in [0.25, 0.3) is 0 Å². The van der Waals surface area contributed by atoms with E-state index in [1.165, 1.54) is 6.21 Å². The van der Waals surface area contributed by atoms with E-state index in [9.17, 15) is 9.90 Å². The third-order valence-corrected chi connectivity index (χ3v) is 3.50. The van der Waals surface area contributed by atoms with Crippen molar-refractivity contribution >= 4 is 12.1 Å². The predicted molar refractivity (Wildman–Crippen MR) is 94.4 cm³/mol. The number of carbonyl (C=O) groups excluding carboxylic acids is 1. The average molecular weight is 326 g/mol. The molecular formula is C18H22N4O2. The number of nitrogens with zero attached hydrogens (tertiary/aromatic N) is 2. The minimum atomic E-state index is -0.417. The van der Waals surface area contributed by atoms with Gasteiger partial charge >= 0.3 is 0 Å². The summed E-state index contributed by atoms with van der Waals surface area (Å²) >= 11 is 0. The monoisotopic (exact) mass is 326 g/mol. The predicted octanol–water partition coefficient (Wildman–Crippen LogP) is 2.91. The maximum atomic E-state index is 12.0. The van der Waals surface area contributed by atoms with Crippen LogP contribution < -0.4 is 5.43 Å². The maximum Gasteiger partial charge on any atom is 0.291 e. The Hall–Kier alpha value is -2.89. The number of benzene rings is 1. The van der Waals surface area contributed by atoms with Gasteiger partial charge in [-0.05, 0) is 24.1 Å². The van der Waals surface area contributed by atoms with Gasteiger partial charge in [-0.15, -0.1) is 6.58 Å². The number of para-hydroxylation sites is 1. The summed E-state index contributed by atoms with van der Waals surface area (Å²) in [5.74, 6) is -0.287. The number of hydrogen-bond acceptors (Lipinski definition) is 4. The van der Waals surface area contributed by atoms with E-state index in [1.54, 1.807) is 18.2 Å². The highest BCUT2D eigenvalue weighted by Gasteiger charge is 2.19. The minimum absolute atomic E-state index is 0.119. The lowest BCUT2D eigenvalue weighted by Gasteiger charge is -2.14. The van der Waals surface area contributed by atoms with Gasteiger partial charge in [-0.3, -0.25) is 9.89 Å². The van der Waals surface area contributed by atoms with Gasteiger partial charge in [0.1, 0.15) is 5.75 Å². The molecule has 6 nitrogen and oxygen atoms in total. The Morgan fingerprint density at radius 1 is 1.46 bits per heavy atom. The fourth-order valence-corrected chi connectivity index (χ4v) is 2.08. The van der Waals surface area contributed by atoms with Crippen LogP contribution >= 0.6 is 0 Å². The van der Waals surface area contributed by atoms with Crippen LogP contribution in [0, 0.1) is 0 Å². The van der Waals surface area contributed by atoms with Gasteiger partial charge in [0.25, 0.3) is 5.91 Å². The highest BCUT2D eigenvalue weighted by molar-refractivity contribution is 5.93. The third-order valence-electron chi connectivity index (χ3n) is 3.50. The first kappa shape index (κ1) is 17.5. The second kappa shape index (κ2) is 7.12. The van der Waals surface area contributed by atoms with Crippen molar-refractivity contribution in [3.05, 3.63) is 59.4 Å². The molecule has 0 unspecified atom stereocenters. The van der Waals surface area contributed by atoms with Crippen molar-refractivity contribution in [2.75, 3.05) is 0 Å². The van der Waals surface area contributed by atoms with Gasteiger partial charge in [0.15, 0.2) is 5.69 Å². The molecule has 1 aromatic heterocycles. The SMILES string of the molecule is C=CCc1cccc(/C=N\NC(=O)c2cc(C(C)(C)C)[nH]n2)c1O. The van der Waals surface area contributed by atoms with Crippen molar-refractivity contribution in [2.45, 2.75) is 32.6 Å². The van der Waals surface area contributed by atoms with Gasteiger partial charge in [0.2, 0.25) is 0 Å². The number of phenols is 1. The molecule has 0 bridgehead atoms. The Bertz CT molecular complexity index is 770. The first-order valence-corrected chi connectivity index (χ1v) is 7.64. The van der Waals surface area contributed by atoms with Crippen LogP contribution in [0.2, 0.25) is 0 Å². The fraction of sp³-hybridized carbons (Fsp3) is 0.278. The van der Waals surface area contributed by atoms with Gasteiger partial charge in [0.05, 0.1) is 6.21 Å². The zero-order valence-corrected chi connectivity index (χ0v) is 14.1. The standard InChI is InChI=1S/C18H22N4O2/c1-5-7-12-8-6-9-13(16(12)23)11-19-22-17(24)14-10-15(21-20-14)18(2,3)4/h5-6,8-11,23H,1,7H2,2-4H3,(H,20,21)(H,22,24)/b19-11-. The van der Waals surface area contributed by atoms with Gasteiger partial charge in [0, 0.05) is 16.7 Å². The van der Waals surface area contributed by atoms with Crippen LogP contribution in [0.3, 0.4) is 0 Å². The molecule has 1 amide bonds. The number of amides is 1. The number of nitrogens with one attached hydrogen (secondary N) is 2. The Labute approximate surface area is 141 Å². The number of hydrazone groups is 1. The summed E-state index contributed by atoms with van der Waals surface area (Å²) in [6.07, 6.45) is 3.67. The summed E-state index contributed by atoms with van der Waals surface area (Å²) in [7, 11) is 0. The molecular weight excluding hydrogens is 304 g/mol. The van der Waals surface area contributed by atoms with E-state index >= 15 is 0 Å². The van der Waals surface area contributed by atoms with E-state index < -0.39 is 5.91 Å². The molecule has 126 valence electrons.